The van der Waals surface area contributed by atoms with Crippen molar-refractivity contribution >= 4 is 0 Å². The van der Waals surface area contributed by atoms with E-state index in [1.54, 1.807) is 12.1 Å². The minimum atomic E-state index is -0.213. The summed E-state index contributed by atoms with van der Waals surface area (Å²) in [4.78, 5) is 2.17. The second kappa shape index (κ2) is 6.98. The number of rotatable bonds is 8. The molecule has 0 radical (unpaired) electrons. The molecule has 1 fully saturated rings. The largest absolute Gasteiger partial charge is 0.380 e. The fourth-order valence-corrected chi connectivity index (χ4v) is 2.15. The van der Waals surface area contributed by atoms with Gasteiger partial charge in [-0.3, -0.25) is 4.90 Å². The number of hydrogen-bond acceptors (Lipinski definition) is 3. The van der Waals surface area contributed by atoms with Crippen molar-refractivity contribution in [2.45, 2.75) is 18.9 Å². The van der Waals surface area contributed by atoms with Crippen LogP contribution in [0.4, 0.5) is 4.39 Å². The zero-order valence-corrected chi connectivity index (χ0v) is 11.5. The van der Waals surface area contributed by atoms with Gasteiger partial charge in [-0.2, -0.15) is 0 Å². The summed E-state index contributed by atoms with van der Waals surface area (Å²) in [6.45, 7) is 2.97. The lowest BCUT2D eigenvalue weighted by atomic mass is 10.1. The Morgan fingerprint density at radius 3 is 2.63 bits per heavy atom. The molecule has 1 aromatic rings. The highest BCUT2D eigenvalue weighted by atomic mass is 19.1. The van der Waals surface area contributed by atoms with Gasteiger partial charge in [0.25, 0.3) is 0 Å². The van der Waals surface area contributed by atoms with Crippen LogP contribution in [0, 0.1) is 11.7 Å². The van der Waals surface area contributed by atoms with Crippen LogP contribution in [-0.4, -0.2) is 38.3 Å². The Balaban J connectivity index is 1.79. The summed E-state index contributed by atoms with van der Waals surface area (Å²) in [5, 5.41) is 0. The smallest absolute Gasteiger partial charge is 0.123 e. The monoisotopic (exact) mass is 266 g/mol. The molecule has 4 heteroatoms. The maximum absolute atomic E-state index is 12.9. The molecule has 1 unspecified atom stereocenters. The molecule has 0 spiro atoms. The number of benzene rings is 1. The molecule has 3 nitrogen and oxygen atoms in total. The molecule has 0 aromatic heterocycles. The Morgan fingerprint density at radius 2 is 2.05 bits per heavy atom. The molecular formula is C15H23FN2O. The van der Waals surface area contributed by atoms with Crippen molar-refractivity contribution in [1.29, 1.82) is 0 Å². The van der Waals surface area contributed by atoms with Gasteiger partial charge in [0.15, 0.2) is 0 Å². The third kappa shape index (κ3) is 4.56. The van der Waals surface area contributed by atoms with Crippen molar-refractivity contribution in [1.82, 2.24) is 4.90 Å². The van der Waals surface area contributed by atoms with Crippen LogP contribution in [0.3, 0.4) is 0 Å². The molecule has 0 heterocycles. The second-order valence-electron chi connectivity index (χ2n) is 5.30. The van der Waals surface area contributed by atoms with Crippen LogP contribution >= 0.6 is 0 Å². The predicted molar refractivity (Wildman–Crippen MR) is 74.4 cm³/mol. The fourth-order valence-electron chi connectivity index (χ4n) is 2.15. The van der Waals surface area contributed by atoms with E-state index in [0.29, 0.717) is 6.54 Å². The molecule has 1 aromatic carbocycles. The number of nitrogens with two attached hydrogens (primary N) is 1. The first-order valence-corrected chi connectivity index (χ1v) is 6.94. The number of halogens is 1. The van der Waals surface area contributed by atoms with E-state index in [-0.39, 0.29) is 11.9 Å². The van der Waals surface area contributed by atoms with E-state index in [9.17, 15) is 4.39 Å². The zero-order valence-electron chi connectivity index (χ0n) is 11.5. The molecule has 1 aliphatic rings. The molecule has 0 saturated heterocycles. The lowest BCUT2D eigenvalue weighted by molar-refractivity contribution is 0.0922. The number of nitrogens with zero attached hydrogens (tertiary/aromatic N) is 1. The van der Waals surface area contributed by atoms with Gasteiger partial charge in [-0.25, -0.2) is 4.39 Å². The van der Waals surface area contributed by atoms with Crippen LogP contribution in [0.2, 0.25) is 0 Å². The number of ether oxygens (including phenoxy) is 1. The summed E-state index contributed by atoms with van der Waals surface area (Å²) in [6, 6.07) is 6.68. The molecule has 1 saturated carbocycles. The van der Waals surface area contributed by atoms with Crippen molar-refractivity contribution in [2.24, 2.45) is 11.7 Å². The van der Waals surface area contributed by atoms with Crippen LogP contribution < -0.4 is 5.73 Å². The highest BCUT2D eigenvalue weighted by molar-refractivity contribution is 5.20. The van der Waals surface area contributed by atoms with Gasteiger partial charge in [-0.15, -0.1) is 0 Å². The van der Waals surface area contributed by atoms with Gasteiger partial charge < -0.3 is 10.5 Å². The number of likely N-dealkylation sites (N-methyl/N-ethyl adjacent to an activating group) is 1. The Kier molecular flexibility index (Phi) is 5.31. The third-order valence-corrected chi connectivity index (χ3v) is 3.65. The molecule has 2 N–H and O–H groups in total. The van der Waals surface area contributed by atoms with E-state index in [1.807, 2.05) is 7.05 Å². The van der Waals surface area contributed by atoms with E-state index in [0.717, 1.165) is 31.2 Å². The van der Waals surface area contributed by atoms with Gasteiger partial charge in [0.2, 0.25) is 0 Å². The van der Waals surface area contributed by atoms with Crippen LogP contribution in [0.15, 0.2) is 24.3 Å². The predicted octanol–water partition coefficient (Wildman–Crippen LogP) is 2.18. The Bertz CT molecular complexity index is 378. The highest BCUT2D eigenvalue weighted by Gasteiger charge is 2.21. The van der Waals surface area contributed by atoms with Gasteiger partial charge in [-0.1, -0.05) is 12.1 Å². The van der Waals surface area contributed by atoms with Crippen LogP contribution in [-0.2, 0) is 4.74 Å². The standard InChI is InChI=1S/C15H23FN2O/c1-18(8-9-19-11-12-2-3-12)15(10-17)13-4-6-14(16)7-5-13/h4-7,12,15H,2-3,8-11,17H2,1H3. The van der Waals surface area contributed by atoms with Gasteiger partial charge in [-0.05, 0) is 43.5 Å². The molecule has 1 aliphatic carbocycles. The first-order valence-electron chi connectivity index (χ1n) is 6.94. The molecule has 2 rings (SSSR count). The van der Waals surface area contributed by atoms with E-state index >= 15 is 0 Å². The summed E-state index contributed by atoms with van der Waals surface area (Å²) in [5.74, 6) is 0.586. The van der Waals surface area contributed by atoms with Crippen molar-refractivity contribution in [3.8, 4) is 0 Å². The Hall–Kier alpha value is -0.970. The maximum Gasteiger partial charge on any atom is 0.123 e. The van der Waals surface area contributed by atoms with Gasteiger partial charge >= 0.3 is 0 Å². The van der Waals surface area contributed by atoms with E-state index in [1.165, 1.54) is 25.0 Å². The summed E-state index contributed by atoms with van der Waals surface area (Å²) in [6.07, 6.45) is 2.63. The zero-order chi connectivity index (χ0) is 13.7. The molecule has 19 heavy (non-hydrogen) atoms. The molecule has 0 aliphatic heterocycles. The van der Waals surface area contributed by atoms with E-state index < -0.39 is 0 Å². The topological polar surface area (TPSA) is 38.5 Å². The lowest BCUT2D eigenvalue weighted by Gasteiger charge is -2.27. The molecule has 106 valence electrons. The van der Waals surface area contributed by atoms with Gasteiger partial charge in [0.1, 0.15) is 5.82 Å². The lowest BCUT2D eigenvalue weighted by Crippen LogP contribution is -2.33. The second-order valence-corrected chi connectivity index (χ2v) is 5.30. The van der Waals surface area contributed by atoms with Crippen LogP contribution in [0.5, 0.6) is 0 Å². The molecule has 0 amide bonds. The van der Waals surface area contributed by atoms with E-state index in [2.05, 4.69) is 4.90 Å². The van der Waals surface area contributed by atoms with Crippen LogP contribution in [0.1, 0.15) is 24.4 Å². The first kappa shape index (κ1) is 14.4. The average Bonchev–Trinajstić information content (AvgIpc) is 3.22. The first-order chi connectivity index (χ1) is 9.20. The third-order valence-electron chi connectivity index (χ3n) is 3.65. The maximum atomic E-state index is 12.9. The summed E-state index contributed by atoms with van der Waals surface area (Å²) >= 11 is 0. The SMILES string of the molecule is CN(CCOCC1CC1)C(CN)c1ccc(F)cc1. The summed E-state index contributed by atoms with van der Waals surface area (Å²) < 4.78 is 18.6. The fraction of sp³-hybridized carbons (Fsp3) is 0.600. The quantitative estimate of drug-likeness (QED) is 0.733. The molecular weight excluding hydrogens is 243 g/mol. The number of hydrogen-bond donors (Lipinski definition) is 1. The van der Waals surface area contributed by atoms with Gasteiger partial charge in [0, 0.05) is 25.7 Å². The molecule has 1 atom stereocenters. The summed E-state index contributed by atoms with van der Waals surface area (Å²) in [7, 11) is 2.03. The normalized spacial score (nSPS) is 16.8. The van der Waals surface area contributed by atoms with Crippen molar-refractivity contribution < 1.29 is 9.13 Å². The minimum Gasteiger partial charge on any atom is -0.380 e. The molecule has 0 bridgehead atoms. The summed E-state index contributed by atoms with van der Waals surface area (Å²) in [5.41, 5.74) is 6.88. The van der Waals surface area contributed by atoms with Crippen molar-refractivity contribution in [3.05, 3.63) is 35.6 Å². The average molecular weight is 266 g/mol. The Labute approximate surface area is 114 Å². The van der Waals surface area contributed by atoms with E-state index in [4.69, 9.17) is 10.5 Å². The minimum absolute atomic E-state index is 0.116. The Morgan fingerprint density at radius 1 is 1.37 bits per heavy atom. The van der Waals surface area contributed by atoms with Gasteiger partial charge in [0.05, 0.1) is 6.61 Å². The van der Waals surface area contributed by atoms with Crippen LogP contribution in [0.25, 0.3) is 0 Å². The highest BCUT2D eigenvalue weighted by Crippen LogP contribution is 2.28. The van der Waals surface area contributed by atoms with Crippen molar-refractivity contribution in [2.75, 3.05) is 33.4 Å². The van der Waals surface area contributed by atoms with Crippen molar-refractivity contribution in [3.63, 3.8) is 0 Å².